The first-order chi connectivity index (χ1) is 11.8. The second-order valence-corrected chi connectivity index (χ2v) is 6.22. The van der Waals surface area contributed by atoms with Crippen molar-refractivity contribution in [3.8, 4) is 5.75 Å². The Kier molecular flexibility index (Phi) is 11.6. The summed E-state index contributed by atoms with van der Waals surface area (Å²) >= 11 is 0. The van der Waals surface area contributed by atoms with Crippen LogP contribution in [0.1, 0.15) is 44.1 Å². The molecule has 1 aromatic carbocycles. The number of ether oxygens (including phenoxy) is 2. The molecule has 5 nitrogen and oxygen atoms in total. The number of aliphatic imine (C=N–C) groups is 1. The van der Waals surface area contributed by atoms with Crippen LogP contribution in [0.4, 0.5) is 0 Å². The molecule has 0 radical (unpaired) electrons. The van der Waals surface area contributed by atoms with Gasteiger partial charge in [0, 0.05) is 33.9 Å². The first-order valence-electron chi connectivity index (χ1n) is 9.01. The average Bonchev–Trinajstić information content (AvgIpc) is 2.62. The van der Waals surface area contributed by atoms with E-state index >= 15 is 0 Å². The van der Waals surface area contributed by atoms with Crippen molar-refractivity contribution >= 4 is 29.9 Å². The van der Waals surface area contributed by atoms with Crippen molar-refractivity contribution in [1.82, 2.24) is 10.6 Å². The normalized spacial score (nSPS) is 15.4. The summed E-state index contributed by atoms with van der Waals surface area (Å²) in [6, 6.07) is 8.35. The zero-order valence-corrected chi connectivity index (χ0v) is 17.8. The molecule has 1 aromatic rings. The summed E-state index contributed by atoms with van der Waals surface area (Å²) < 4.78 is 11.2. The lowest BCUT2D eigenvalue weighted by atomic mass is 9.98. The third-order valence-electron chi connectivity index (χ3n) is 4.25. The molecule has 1 fully saturated rings. The molecule has 142 valence electrons. The zero-order chi connectivity index (χ0) is 17.0. The fourth-order valence-corrected chi connectivity index (χ4v) is 2.93. The minimum atomic E-state index is 0. The summed E-state index contributed by atoms with van der Waals surface area (Å²) in [6.07, 6.45) is 7.63. The zero-order valence-electron chi connectivity index (χ0n) is 15.4. The standard InChI is InChI=1S/C19H31N3O2.HI/c1-20-19(21-12-7-13-23-2)22-15-16-8-6-11-18(14-16)24-17-9-4-3-5-10-17;/h6,8,11,14,17H,3-5,7,9-10,12-13,15H2,1-2H3,(H2,20,21,22);1H. The van der Waals surface area contributed by atoms with E-state index in [-0.39, 0.29) is 24.0 Å². The Bertz CT molecular complexity index is 505. The van der Waals surface area contributed by atoms with Crippen molar-refractivity contribution in [2.45, 2.75) is 51.2 Å². The van der Waals surface area contributed by atoms with Gasteiger partial charge in [-0.15, -0.1) is 24.0 Å². The molecule has 0 atom stereocenters. The molecule has 25 heavy (non-hydrogen) atoms. The van der Waals surface area contributed by atoms with Crippen LogP contribution in [0.2, 0.25) is 0 Å². The van der Waals surface area contributed by atoms with Gasteiger partial charge in [0.15, 0.2) is 5.96 Å². The maximum atomic E-state index is 6.13. The van der Waals surface area contributed by atoms with Gasteiger partial charge in [-0.3, -0.25) is 4.99 Å². The molecule has 1 aliphatic carbocycles. The number of nitrogens with one attached hydrogen (secondary N) is 2. The highest BCUT2D eigenvalue weighted by Gasteiger charge is 2.14. The maximum absolute atomic E-state index is 6.13. The first-order valence-corrected chi connectivity index (χ1v) is 9.01. The lowest BCUT2D eigenvalue weighted by molar-refractivity contribution is 0.155. The SMILES string of the molecule is CN=C(NCCCOC)NCc1cccc(OC2CCCCC2)c1.I. The largest absolute Gasteiger partial charge is 0.490 e. The van der Waals surface area contributed by atoms with Gasteiger partial charge in [0.05, 0.1) is 6.10 Å². The van der Waals surface area contributed by atoms with Crippen LogP contribution < -0.4 is 15.4 Å². The van der Waals surface area contributed by atoms with E-state index in [1.807, 2.05) is 0 Å². The van der Waals surface area contributed by atoms with Gasteiger partial charge in [-0.25, -0.2) is 0 Å². The van der Waals surface area contributed by atoms with Gasteiger partial charge in [-0.1, -0.05) is 18.6 Å². The van der Waals surface area contributed by atoms with Crippen LogP contribution >= 0.6 is 24.0 Å². The Morgan fingerprint density at radius 3 is 2.72 bits per heavy atom. The molecule has 0 saturated heterocycles. The van der Waals surface area contributed by atoms with E-state index in [4.69, 9.17) is 9.47 Å². The fraction of sp³-hybridized carbons (Fsp3) is 0.632. The second kappa shape index (κ2) is 13.2. The first kappa shape index (κ1) is 22.0. The second-order valence-electron chi connectivity index (χ2n) is 6.22. The predicted octanol–water partition coefficient (Wildman–Crippen LogP) is 3.72. The molecule has 0 amide bonds. The monoisotopic (exact) mass is 461 g/mol. The van der Waals surface area contributed by atoms with E-state index in [1.54, 1.807) is 14.2 Å². The van der Waals surface area contributed by atoms with Crippen molar-refractivity contribution in [3.63, 3.8) is 0 Å². The smallest absolute Gasteiger partial charge is 0.191 e. The van der Waals surface area contributed by atoms with Gasteiger partial charge < -0.3 is 20.1 Å². The minimum Gasteiger partial charge on any atom is -0.490 e. The number of rotatable bonds is 8. The van der Waals surface area contributed by atoms with Crippen LogP contribution in [0.3, 0.4) is 0 Å². The summed E-state index contributed by atoms with van der Waals surface area (Å²) in [5.41, 5.74) is 1.20. The van der Waals surface area contributed by atoms with Crippen molar-refractivity contribution in [1.29, 1.82) is 0 Å². The minimum absolute atomic E-state index is 0. The number of hydrogen-bond donors (Lipinski definition) is 2. The number of nitrogens with zero attached hydrogens (tertiary/aromatic N) is 1. The molecular formula is C19H32IN3O2. The Morgan fingerprint density at radius 2 is 2.00 bits per heavy atom. The third kappa shape index (κ3) is 8.76. The van der Waals surface area contributed by atoms with Gasteiger partial charge >= 0.3 is 0 Å². The van der Waals surface area contributed by atoms with Crippen LogP contribution in [0.5, 0.6) is 5.75 Å². The van der Waals surface area contributed by atoms with Gasteiger partial charge in [0.25, 0.3) is 0 Å². The van der Waals surface area contributed by atoms with Crippen LogP contribution in [-0.2, 0) is 11.3 Å². The molecule has 2 rings (SSSR count). The van der Waals surface area contributed by atoms with Crippen molar-refractivity contribution in [3.05, 3.63) is 29.8 Å². The lowest BCUT2D eigenvalue weighted by Crippen LogP contribution is -2.37. The molecule has 0 heterocycles. The summed E-state index contributed by atoms with van der Waals surface area (Å²) in [6.45, 7) is 2.33. The van der Waals surface area contributed by atoms with E-state index in [0.29, 0.717) is 6.10 Å². The molecule has 6 heteroatoms. The molecule has 0 spiro atoms. The summed E-state index contributed by atoms with van der Waals surface area (Å²) in [5, 5.41) is 6.62. The van der Waals surface area contributed by atoms with Crippen LogP contribution in [-0.4, -0.2) is 39.4 Å². The highest BCUT2D eigenvalue weighted by atomic mass is 127. The Balaban J connectivity index is 0.00000312. The van der Waals surface area contributed by atoms with Crippen molar-refractivity contribution < 1.29 is 9.47 Å². The molecule has 2 N–H and O–H groups in total. The van der Waals surface area contributed by atoms with Crippen LogP contribution in [0, 0.1) is 0 Å². The maximum Gasteiger partial charge on any atom is 0.191 e. The van der Waals surface area contributed by atoms with E-state index in [0.717, 1.165) is 37.8 Å². The Morgan fingerprint density at radius 1 is 1.20 bits per heavy atom. The van der Waals surface area contributed by atoms with E-state index in [1.165, 1.54) is 37.7 Å². The van der Waals surface area contributed by atoms with E-state index in [9.17, 15) is 0 Å². The lowest BCUT2D eigenvalue weighted by Gasteiger charge is -2.23. The average molecular weight is 461 g/mol. The summed E-state index contributed by atoms with van der Waals surface area (Å²) in [4.78, 5) is 4.24. The van der Waals surface area contributed by atoms with E-state index < -0.39 is 0 Å². The van der Waals surface area contributed by atoms with Gasteiger partial charge in [0.1, 0.15) is 5.75 Å². The number of benzene rings is 1. The summed E-state index contributed by atoms with van der Waals surface area (Å²) in [5.74, 6) is 1.79. The van der Waals surface area contributed by atoms with Gasteiger partial charge in [-0.2, -0.15) is 0 Å². The Labute approximate surface area is 169 Å². The molecular weight excluding hydrogens is 429 g/mol. The van der Waals surface area contributed by atoms with Gasteiger partial charge in [-0.05, 0) is 49.8 Å². The highest BCUT2D eigenvalue weighted by molar-refractivity contribution is 14.0. The molecule has 1 aliphatic rings. The van der Waals surface area contributed by atoms with Crippen LogP contribution in [0.25, 0.3) is 0 Å². The molecule has 0 bridgehead atoms. The van der Waals surface area contributed by atoms with Crippen molar-refractivity contribution in [2.75, 3.05) is 27.3 Å². The molecule has 0 aromatic heterocycles. The van der Waals surface area contributed by atoms with Crippen molar-refractivity contribution in [2.24, 2.45) is 4.99 Å². The number of halogens is 1. The quantitative estimate of drug-likeness (QED) is 0.268. The Hall–Kier alpha value is -1.02. The van der Waals surface area contributed by atoms with Crippen LogP contribution in [0.15, 0.2) is 29.3 Å². The topological polar surface area (TPSA) is 54.9 Å². The number of guanidine groups is 1. The highest BCUT2D eigenvalue weighted by Crippen LogP contribution is 2.23. The fourth-order valence-electron chi connectivity index (χ4n) is 2.93. The molecule has 0 unspecified atom stereocenters. The number of methoxy groups -OCH3 is 1. The molecule has 0 aliphatic heterocycles. The number of hydrogen-bond acceptors (Lipinski definition) is 3. The summed E-state index contributed by atoms with van der Waals surface area (Å²) in [7, 11) is 3.50. The van der Waals surface area contributed by atoms with Gasteiger partial charge in [0.2, 0.25) is 0 Å². The van der Waals surface area contributed by atoms with E-state index in [2.05, 4.69) is 39.9 Å². The molecule has 1 saturated carbocycles. The third-order valence-corrected chi connectivity index (χ3v) is 4.25. The predicted molar refractivity (Wildman–Crippen MR) is 114 cm³/mol.